The fourth-order valence-electron chi connectivity index (χ4n) is 2.49. The van der Waals surface area contributed by atoms with Crippen LogP contribution in [0.15, 0.2) is 18.3 Å². The van der Waals surface area contributed by atoms with Crippen molar-refractivity contribution in [3.63, 3.8) is 0 Å². The molecule has 0 aliphatic heterocycles. The maximum atomic E-state index is 12.3. The molecule has 0 spiro atoms. The van der Waals surface area contributed by atoms with Crippen LogP contribution < -0.4 is 0 Å². The molecule has 1 aliphatic rings. The highest BCUT2D eigenvalue weighted by atomic mass is 16.3. The van der Waals surface area contributed by atoms with E-state index in [4.69, 9.17) is 0 Å². The lowest BCUT2D eigenvalue weighted by molar-refractivity contribution is 0.0267. The first-order chi connectivity index (χ1) is 8.59. The van der Waals surface area contributed by atoms with Crippen LogP contribution in [0.2, 0.25) is 0 Å². The number of pyridine rings is 1. The van der Waals surface area contributed by atoms with Crippen molar-refractivity contribution in [3.8, 4) is 0 Å². The zero-order valence-electron chi connectivity index (χ0n) is 11.0. The number of hydrogen-bond donors (Lipinski definition) is 1. The SMILES string of the molecule is Cc1ccc(C(=O)N(C)C2CCCCC2O)cn1. The summed E-state index contributed by atoms with van der Waals surface area (Å²) in [5, 5.41) is 9.97. The molecule has 0 bridgehead atoms. The number of likely N-dealkylation sites (N-methyl/N-ethyl adjacent to an activating group) is 1. The van der Waals surface area contributed by atoms with Gasteiger partial charge in [-0.15, -0.1) is 0 Å². The van der Waals surface area contributed by atoms with Gasteiger partial charge in [0.05, 0.1) is 17.7 Å². The van der Waals surface area contributed by atoms with Crippen molar-refractivity contribution in [2.24, 2.45) is 0 Å². The van der Waals surface area contributed by atoms with E-state index in [0.717, 1.165) is 31.4 Å². The summed E-state index contributed by atoms with van der Waals surface area (Å²) in [5.74, 6) is -0.0616. The van der Waals surface area contributed by atoms with E-state index in [9.17, 15) is 9.90 Å². The standard InChI is InChI=1S/C14H20N2O2/c1-10-7-8-11(9-15-10)14(18)16(2)12-5-3-4-6-13(12)17/h7-9,12-13,17H,3-6H2,1-2H3. The fraction of sp³-hybridized carbons (Fsp3) is 0.571. The number of nitrogens with zero attached hydrogens (tertiary/aromatic N) is 2. The zero-order chi connectivity index (χ0) is 13.1. The predicted octanol–water partition coefficient (Wildman–Crippen LogP) is 1.77. The Morgan fingerprint density at radius 1 is 1.39 bits per heavy atom. The van der Waals surface area contributed by atoms with Gasteiger partial charge >= 0.3 is 0 Å². The van der Waals surface area contributed by atoms with Crippen molar-refractivity contribution in [2.45, 2.75) is 44.8 Å². The lowest BCUT2D eigenvalue weighted by atomic mass is 9.91. The van der Waals surface area contributed by atoms with Crippen molar-refractivity contribution in [1.82, 2.24) is 9.88 Å². The van der Waals surface area contributed by atoms with Gasteiger partial charge in [-0.25, -0.2) is 0 Å². The molecule has 0 saturated heterocycles. The monoisotopic (exact) mass is 248 g/mol. The topological polar surface area (TPSA) is 53.4 Å². The molecule has 4 nitrogen and oxygen atoms in total. The minimum absolute atomic E-state index is 0.0616. The van der Waals surface area contributed by atoms with Crippen LogP contribution in [-0.4, -0.2) is 40.1 Å². The number of carbonyl (C=O) groups excluding carboxylic acids is 1. The van der Waals surface area contributed by atoms with E-state index >= 15 is 0 Å². The molecule has 1 N–H and O–H groups in total. The van der Waals surface area contributed by atoms with Gasteiger partial charge in [0.25, 0.3) is 5.91 Å². The molecule has 98 valence electrons. The molecule has 1 aliphatic carbocycles. The normalized spacial score (nSPS) is 23.7. The molecule has 0 aromatic carbocycles. The Bertz CT molecular complexity index is 416. The van der Waals surface area contributed by atoms with E-state index < -0.39 is 6.10 Å². The van der Waals surface area contributed by atoms with Gasteiger partial charge in [-0.3, -0.25) is 9.78 Å². The Morgan fingerprint density at radius 2 is 2.11 bits per heavy atom. The summed E-state index contributed by atoms with van der Waals surface area (Å²) in [4.78, 5) is 18.1. The molecule has 1 fully saturated rings. The molecule has 2 rings (SSSR count). The van der Waals surface area contributed by atoms with E-state index in [1.165, 1.54) is 0 Å². The van der Waals surface area contributed by atoms with Crippen molar-refractivity contribution < 1.29 is 9.90 Å². The van der Waals surface area contributed by atoms with Crippen LogP contribution in [0.4, 0.5) is 0 Å². The molecule has 1 amide bonds. The van der Waals surface area contributed by atoms with Crippen LogP contribution in [0.3, 0.4) is 0 Å². The molecule has 1 saturated carbocycles. The number of aliphatic hydroxyl groups excluding tert-OH is 1. The number of aliphatic hydroxyl groups is 1. The molecule has 1 aromatic heterocycles. The highest BCUT2D eigenvalue weighted by Gasteiger charge is 2.29. The summed E-state index contributed by atoms with van der Waals surface area (Å²) in [6, 6.07) is 3.56. The highest BCUT2D eigenvalue weighted by molar-refractivity contribution is 5.94. The van der Waals surface area contributed by atoms with E-state index in [0.29, 0.717) is 5.56 Å². The number of rotatable bonds is 2. The summed E-state index contributed by atoms with van der Waals surface area (Å²) in [6.07, 6.45) is 4.99. The number of amides is 1. The molecule has 1 heterocycles. The minimum Gasteiger partial charge on any atom is -0.391 e. The average molecular weight is 248 g/mol. The largest absolute Gasteiger partial charge is 0.391 e. The first-order valence-electron chi connectivity index (χ1n) is 6.47. The molecule has 18 heavy (non-hydrogen) atoms. The van der Waals surface area contributed by atoms with Crippen LogP contribution in [0.5, 0.6) is 0 Å². The third-order valence-electron chi connectivity index (χ3n) is 3.67. The van der Waals surface area contributed by atoms with Gasteiger partial charge in [0, 0.05) is 18.9 Å². The third-order valence-corrected chi connectivity index (χ3v) is 3.67. The van der Waals surface area contributed by atoms with Gasteiger partial charge in [-0.2, -0.15) is 0 Å². The maximum Gasteiger partial charge on any atom is 0.255 e. The van der Waals surface area contributed by atoms with E-state index in [2.05, 4.69) is 4.98 Å². The molecule has 1 aromatic rings. The quantitative estimate of drug-likeness (QED) is 0.867. The van der Waals surface area contributed by atoms with Gasteiger partial charge in [0.15, 0.2) is 0 Å². The molecular formula is C14H20N2O2. The van der Waals surface area contributed by atoms with E-state index in [1.54, 1.807) is 24.2 Å². The first-order valence-corrected chi connectivity index (χ1v) is 6.47. The van der Waals surface area contributed by atoms with E-state index in [1.807, 2.05) is 13.0 Å². The van der Waals surface area contributed by atoms with Gasteiger partial charge in [0.1, 0.15) is 0 Å². The summed E-state index contributed by atoms with van der Waals surface area (Å²) >= 11 is 0. The molecular weight excluding hydrogens is 228 g/mol. The second-order valence-electron chi connectivity index (χ2n) is 5.02. The Balaban J connectivity index is 2.10. The van der Waals surface area contributed by atoms with Gasteiger partial charge in [-0.05, 0) is 31.9 Å². The van der Waals surface area contributed by atoms with Gasteiger partial charge in [0.2, 0.25) is 0 Å². The summed E-state index contributed by atoms with van der Waals surface area (Å²) in [5.41, 5.74) is 1.48. The summed E-state index contributed by atoms with van der Waals surface area (Å²) < 4.78 is 0. The van der Waals surface area contributed by atoms with Crippen LogP contribution >= 0.6 is 0 Å². The smallest absolute Gasteiger partial charge is 0.255 e. The Kier molecular flexibility index (Phi) is 3.97. The maximum absolute atomic E-state index is 12.3. The number of carbonyl (C=O) groups is 1. The van der Waals surface area contributed by atoms with Crippen LogP contribution in [-0.2, 0) is 0 Å². The fourth-order valence-corrected chi connectivity index (χ4v) is 2.49. The molecule has 0 radical (unpaired) electrons. The summed E-state index contributed by atoms with van der Waals surface area (Å²) in [6.45, 7) is 1.89. The van der Waals surface area contributed by atoms with Crippen LogP contribution in [0.1, 0.15) is 41.7 Å². The Morgan fingerprint density at radius 3 is 2.72 bits per heavy atom. The summed E-state index contributed by atoms with van der Waals surface area (Å²) in [7, 11) is 1.77. The highest BCUT2D eigenvalue weighted by Crippen LogP contribution is 2.23. The molecule has 2 unspecified atom stereocenters. The number of hydrogen-bond acceptors (Lipinski definition) is 3. The number of aryl methyl sites for hydroxylation is 1. The predicted molar refractivity (Wildman–Crippen MR) is 69.3 cm³/mol. The third kappa shape index (κ3) is 2.70. The lowest BCUT2D eigenvalue weighted by Crippen LogP contribution is -2.46. The zero-order valence-corrected chi connectivity index (χ0v) is 11.0. The lowest BCUT2D eigenvalue weighted by Gasteiger charge is -2.35. The van der Waals surface area contributed by atoms with Crippen LogP contribution in [0.25, 0.3) is 0 Å². The van der Waals surface area contributed by atoms with Crippen molar-refractivity contribution in [1.29, 1.82) is 0 Å². The first kappa shape index (κ1) is 13.0. The average Bonchev–Trinajstić information content (AvgIpc) is 2.38. The second-order valence-corrected chi connectivity index (χ2v) is 5.02. The number of aromatic nitrogens is 1. The molecule has 4 heteroatoms. The van der Waals surface area contributed by atoms with Crippen molar-refractivity contribution >= 4 is 5.91 Å². The Labute approximate surface area is 108 Å². The van der Waals surface area contributed by atoms with Crippen molar-refractivity contribution in [2.75, 3.05) is 7.05 Å². The molecule has 2 atom stereocenters. The Hall–Kier alpha value is -1.42. The van der Waals surface area contributed by atoms with Crippen LogP contribution in [0, 0.1) is 6.92 Å². The van der Waals surface area contributed by atoms with E-state index in [-0.39, 0.29) is 11.9 Å². The van der Waals surface area contributed by atoms with Crippen molar-refractivity contribution in [3.05, 3.63) is 29.6 Å². The van der Waals surface area contributed by atoms with Gasteiger partial charge < -0.3 is 10.0 Å². The second kappa shape index (κ2) is 5.48. The van der Waals surface area contributed by atoms with Gasteiger partial charge in [-0.1, -0.05) is 12.8 Å². The minimum atomic E-state index is -0.397.